The van der Waals surface area contributed by atoms with Gasteiger partial charge in [-0.3, -0.25) is 14.6 Å². The van der Waals surface area contributed by atoms with Crippen LogP contribution in [0.1, 0.15) is 28.8 Å². The second-order valence-corrected chi connectivity index (χ2v) is 8.21. The highest BCUT2D eigenvalue weighted by molar-refractivity contribution is 7.98. The maximum absolute atomic E-state index is 12.7. The van der Waals surface area contributed by atoms with Gasteiger partial charge in [-0.05, 0) is 60.5 Å². The van der Waals surface area contributed by atoms with Gasteiger partial charge in [-0.15, -0.1) is 11.8 Å². The van der Waals surface area contributed by atoms with E-state index in [1.54, 1.807) is 48.2 Å². The monoisotopic (exact) mass is 433 g/mol. The van der Waals surface area contributed by atoms with Gasteiger partial charge >= 0.3 is 0 Å². The molecule has 0 saturated carbocycles. The molecule has 1 aliphatic rings. The van der Waals surface area contributed by atoms with Gasteiger partial charge in [-0.25, -0.2) is 0 Å². The SMILES string of the molecule is COc1ccc(NC(=O)c2ccc(SCc3cccnc3)cc2)cc1N1CCCC1=O. The maximum Gasteiger partial charge on any atom is 0.255 e. The lowest BCUT2D eigenvalue weighted by Crippen LogP contribution is -2.24. The molecule has 0 spiro atoms. The van der Waals surface area contributed by atoms with Gasteiger partial charge in [-0.2, -0.15) is 0 Å². The molecule has 2 heterocycles. The summed E-state index contributed by atoms with van der Waals surface area (Å²) in [5, 5.41) is 2.92. The number of nitrogens with zero attached hydrogens (tertiary/aromatic N) is 2. The number of anilines is 2. The second kappa shape index (κ2) is 9.66. The Kier molecular flexibility index (Phi) is 6.52. The van der Waals surface area contributed by atoms with Crippen LogP contribution in [-0.2, 0) is 10.5 Å². The zero-order chi connectivity index (χ0) is 21.6. The maximum atomic E-state index is 12.7. The van der Waals surface area contributed by atoms with Crippen molar-refractivity contribution in [1.29, 1.82) is 0 Å². The summed E-state index contributed by atoms with van der Waals surface area (Å²) in [5.74, 6) is 1.31. The average molecular weight is 434 g/mol. The Bertz CT molecular complexity index is 1070. The third-order valence-corrected chi connectivity index (χ3v) is 6.13. The van der Waals surface area contributed by atoms with Gasteiger partial charge in [0.1, 0.15) is 5.75 Å². The first-order valence-corrected chi connectivity index (χ1v) is 11.0. The fraction of sp³-hybridized carbons (Fsp3) is 0.208. The Morgan fingerprint density at radius 3 is 2.71 bits per heavy atom. The number of thioether (sulfide) groups is 1. The molecule has 2 aromatic carbocycles. The van der Waals surface area contributed by atoms with Gasteiger partial charge in [-0.1, -0.05) is 6.07 Å². The number of hydrogen-bond acceptors (Lipinski definition) is 5. The summed E-state index contributed by atoms with van der Waals surface area (Å²) in [6.07, 6.45) is 4.97. The number of pyridine rings is 1. The van der Waals surface area contributed by atoms with Gasteiger partial charge < -0.3 is 15.0 Å². The molecule has 7 heteroatoms. The molecule has 158 valence electrons. The number of rotatable bonds is 7. The number of amides is 2. The number of ether oxygens (including phenoxy) is 1. The first kappa shape index (κ1) is 20.9. The van der Waals surface area contributed by atoms with Crippen molar-refractivity contribution in [2.75, 3.05) is 23.9 Å². The zero-order valence-electron chi connectivity index (χ0n) is 17.2. The molecule has 0 unspecified atom stereocenters. The van der Waals surface area contributed by atoms with Crippen molar-refractivity contribution < 1.29 is 14.3 Å². The molecular formula is C24H23N3O3S. The van der Waals surface area contributed by atoms with E-state index in [4.69, 9.17) is 4.74 Å². The normalized spacial score (nSPS) is 13.3. The number of carbonyl (C=O) groups is 2. The van der Waals surface area contributed by atoms with Gasteiger partial charge in [0, 0.05) is 47.3 Å². The van der Waals surface area contributed by atoms with Crippen LogP contribution in [0.15, 0.2) is 71.9 Å². The molecule has 0 bridgehead atoms. The van der Waals surface area contributed by atoms with Gasteiger partial charge in [0.25, 0.3) is 5.91 Å². The summed E-state index contributed by atoms with van der Waals surface area (Å²) >= 11 is 1.70. The van der Waals surface area contributed by atoms with E-state index in [1.807, 2.05) is 42.6 Å². The summed E-state index contributed by atoms with van der Waals surface area (Å²) < 4.78 is 5.41. The molecule has 6 nitrogen and oxygen atoms in total. The van der Waals surface area contributed by atoms with Crippen molar-refractivity contribution >= 4 is 35.0 Å². The van der Waals surface area contributed by atoms with Gasteiger partial charge in [0.05, 0.1) is 12.8 Å². The van der Waals surface area contributed by atoms with Crippen molar-refractivity contribution in [1.82, 2.24) is 4.98 Å². The summed E-state index contributed by atoms with van der Waals surface area (Å²) in [6, 6.07) is 16.8. The highest BCUT2D eigenvalue weighted by atomic mass is 32.2. The Hall–Kier alpha value is -3.32. The number of hydrogen-bond donors (Lipinski definition) is 1. The molecule has 1 aromatic heterocycles. The van der Waals surface area contributed by atoms with Crippen molar-refractivity contribution in [3.63, 3.8) is 0 Å². The highest BCUT2D eigenvalue weighted by Crippen LogP contribution is 2.34. The Morgan fingerprint density at radius 2 is 2.03 bits per heavy atom. The standard InChI is InChI=1S/C24H23N3O3S/c1-30-22-11-8-19(14-21(22)27-13-3-5-23(27)28)26-24(29)18-6-9-20(10-7-18)31-16-17-4-2-12-25-15-17/h2,4,6-12,14-15H,3,5,13,16H2,1H3,(H,26,29). The van der Waals surface area contributed by atoms with Gasteiger partial charge in [0.2, 0.25) is 5.91 Å². The lowest BCUT2D eigenvalue weighted by atomic mass is 10.2. The fourth-order valence-corrected chi connectivity index (χ4v) is 4.27. The predicted octanol–water partition coefficient (Wildman–Crippen LogP) is 4.76. The van der Waals surface area contributed by atoms with Crippen LogP contribution >= 0.6 is 11.8 Å². The number of methoxy groups -OCH3 is 1. The summed E-state index contributed by atoms with van der Waals surface area (Å²) in [7, 11) is 1.57. The summed E-state index contributed by atoms with van der Waals surface area (Å²) in [6.45, 7) is 0.658. The Morgan fingerprint density at radius 1 is 1.19 bits per heavy atom. The summed E-state index contributed by atoms with van der Waals surface area (Å²) in [5.41, 5.74) is 3.03. The number of benzene rings is 2. The number of carbonyl (C=O) groups excluding carboxylic acids is 2. The molecule has 3 aromatic rings. The van der Waals surface area contributed by atoms with Crippen LogP contribution in [0, 0.1) is 0 Å². The molecule has 1 N–H and O–H groups in total. The fourth-order valence-electron chi connectivity index (χ4n) is 3.44. The lowest BCUT2D eigenvalue weighted by Gasteiger charge is -2.20. The van der Waals surface area contributed by atoms with E-state index in [1.165, 1.54) is 0 Å². The van der Waals surface area contributed by atoms with E-state index >= 15 is 0 Å². The van der Waals surface area contributed by atoms with E-state index in [-0.39, 0.29) is 11.8 Å². The molecule has 1 fully saturated rings. The van der Waals surface area contributed by atoms with Crippen LogP contribution in [0.4, 0.5) is 11.4 Å². The van der Waals surface area contributed by atoms with E-state index < -0.39 is 0 Å². The quantitative estimate of drug-likeness (QED) is 0.544. The molecule has 0 aliphatic carbocycles. The molecular weight excluding hydrogens is 410 g/mol. The first-order chi connectivity index (χ1) is 15.1. The van der Waals surface area contributed by atoms with Crippen molar-refractivity contribution in [3.05, 3.63) is 78.1 Å². The predicted molar refractivity (Wildman–Crippen MR) is 123 cm³/mol. The molecule has 1 aliphatic heterocycles. The van der Waals surface area contributed by atoms with Gasteiger partial charge in [0.15, 0.2) is 0 Å². The minimum Gasteiger partial charge on any atom is -0.495 e. The second-order valence-electron chi connectivity index (χ2n) is 7.16. The largest absolute Gasteiger partial charge is 0.495 e. The highest BCUT2D eigenvalue weighted by Gasteiger charge is 2.25. The first-order valence-electron chi connectivity index (χ1n) is 10.1. The third kappa shape index (κ3) is 5.06. The van der Waals surface area contributed by atoms with Crippen molar-refractivity contribution in [2.24, 2.45) is 0 Å². The van der Waals surface area contributed by atoms with Crippen molar-refractivity contribution in [3.8, 4) is 5.75 Å². The van der Waals surface area contributed by atoms with E-state index in [9.17, 15) is 9.59 Å². The topological polar surface area (TPSA) is 71.5 Å². The number of nitrogens with one attached hydrogen (secondary N) is 1. The van der Waals surface area contributed by atoms with Crippen LogP contribution in [0.25, 0.3) is 0 Å². The zero-order valence-corrected chi connectivity index (χ0v) is 18.0. The minimum absolute atomic E-state index is 0.0705. The smallest absolute Gasteiger partial charge is 0.255 e. The third-order valence-electron chi connectivity index (χ3n) is 5.05. The molecule has 4 rings (SSSR count). The molecule has 31 heavy (non-hydrogen) atoms. The summed E-state index contributed by atoms with van der Waals surface area (Å²) in [4.78, 5) is 31.8. The molecule has 0 atom stereocenters. The average Bonchev–Trinajstić information content (AvgIpc) is 3.24. The number of aromatic nitrogens is 1. The van der Waals surface area contributed by atoms with E-state index in [0.29, 0.717) is 35.7 Å². The Labute approximate surface area is 185 Å². The van der Waals surface area contributed by atoms with Crippen LogP contribution in [0.5, 0.6) is 5.75 Å². The molecule has 2 amide bonds. The molecule has 1 saturated heterocycles. The lowest BCUT2D eigenvalue weighted by molar-refractivity contribution is -0.117. The van der Waals surface area contributed by atoms with Crippen LogP contribution in [0.3, 0.4) is 0 Å². The Balaban J connectivity index is 1.42. The van der Waals surface area contributed by atoms with Crippen LogP contribution < -0.4 is 15.0 Å². The minimum atomic E-state index is -0.201. The van der Waals surface area contributed by atoms with E-state index in [2.05, 4.69) is 10.3 Å². The van der Waals surface area contributed by atoms with Crippen LogP contribution in [0.2, 0.25) is 0 Å². The van der Waals surface area contributed by atoms with E-state index in [0.717, 1.165) is 22.6 Å². The van der Waals surface area contributed by atoms with Crippen LogP contribution in [-0.4, -0.2) is 30.5 Å². The molecule has 0 radical (unpaired) electrons. The van der Waals surface area contributed by atoms with Crippen molar-refractivity contribution in [2.45, 2.75) is 23.5 Å².